The summed E-state index contributed by atoms with van der Waals surface area (Å²) in [5.41, 5.74) is 2.14. The first-order chi connectivity index (χ1) is 9.28. The van der Waals surface area contributed by atoms with E-state index in [-0.39, 0.29) is 0 Å². The van der Waals surface area contributed by atoms with E-state index >= 15 is 0 Å². The number of nitrogens with zero attached hydrogens (tertiary/aromatic N) is 2. The van der Waals surface area contributed by atoms with Crippen molar-refractivity contribution in [2.24, 2.45) is 0 Å². The zero-order valence-corrected chi connectivity index (χ0v) is 11.6. The fourth-order valence-electron chi connectivity index (χ4n) is 1.93. The molecule has 3 nitrogen and oxygen atoms in total. The first kappa shape index (κ1) is 12.0. The summed E-state index contributed by atoms with van der Waals surface area (Å²) in [6, 6.07) is 16.2. The van der Waals surface area contributed by atoms with Gasteiger partial charge in [0.15, 0.2) is 5.13 Å². The summed E-state index contributed by atoms with van der Waals surface area (Å²) in [6.07, 6.45) is 0. The number of benzene rings is 2. The predicted molar refractivity (Wildman–Crippen MR) is 80.7 cm³/mol. The average Bonchev–Trinajstić information content (AvgIpc) is 2.90. The van der Waals surface area contributed by atoms with Crippen LogP contribution in [-0.4, -0.2) is 19.1 Å². The van der Waals surface area contributed by atoms with E-state index in [2.05, 4.69) is 22.0 Å². The Labute approximate surface area is 116 Å². The standard InChI is InChI=1S/C15H14N2OS/c1-17(11-6-4-3-5-7-11)15-16-13-9-8-12(18-2)10-14(13)19-15/h3-10H,1-2H3. The van der Waals surface area contributed by atoms with Gasteiger partial charge in [-0.3, -0.25) is 0 Å². The molecule has 0 aliphatic carbocycles. The van der Waals surface area contributed by atoms with Crippen molar-refractivity contribution in [3.8, 4) is 5.75 Å². The first-order valence-corrected chi connectivity index (χ1v) is 6.83. The van der Waals surface area contributed by atoms with E-state index < -0.39 is 0 Å². The van der Waals surface area contributed by atoms with Gasteiger partial charge in [-0.2, -0.15) is 0 Å². The minimum Gasteiger partial charge on any atom is -0.497 e. The second-order valence-corrected chi connectivity index (χ2v) is 5.23. The summed E-state index contributed by atoms with van der Waals surface area (Å²) in [5.74, 6) is 0.866. The van der Waals surface area contributed by atoms with Crippen LogP contribution in [0.25, 0.3) is 10.2 Å². The number of thiazole rings is 1. The maximum absolute atomic E-state index is 5.24. The molecule has 0 bridgehead atoms. The molecule has 19 heavy (non-hydrogen) atoms. The highest BCUT2D eigenvalue weighted by molar-refractivity contribution is 7.22. The Balaban J connectivity index is 2.01. The van der Waals surface area contributed by atoms with Crippen LogP contribution in [0.2, 0.25) is 0 Å². The average molecular weight is 270 g/mol. The summed E-state index contributed by atoms with van der Waals surface area (Å²) in [4.78, 5) is 6.75. The fraction of sp³-hybridized carbons (Fsp3) is 0.133. The van der Waals surface area contributed by atoms with Gasteiger partial charge in [0.25, 0.3) is 0 Å². The molecule has 96 valence electrons. The summed E-state index contributed by atoms with van der Waals surface area (Å²) < 4.78 is 6.38. The second-order valence-electron chi connectivity index (χ2n) is 4.22. The molecule has 1 aromatic heterocycles. The number of para-hydroxylation sites is 1. The van der Waals surface area contributed by atoms with Crippen LogP contribution < -0.4 is 9.64 Å². The van der Waals surface area contributed by atoms with Crippen molar-refractivity contribution < 1.29 is 4.74 Å². The summed E-state index contributed by atoms with van der Waals surface area (Å²) in [7, 11) is 3.71. The van der Waals surface area contributed by atoms with Gasteiger partial charge in [0.2, 0.25) is 0 Å². The first-order valence-electron chi connectivity index (χ1n) is 6.01. The van der Waals surface area contributed by atoms with Crippen molar-refractivity contribution >= 4 is 32.4 Å². The van der Waals surface area contributed by atoms with Crippen LogP contribution in [0.5, 0.6) is 5.75 Å². The summed E-state index contributed by atoms with van der Waals surface area (Å²) >= 11 is 1.66. The lowest BCUT2D eigenvalue weighted by atomic mass is 10.3. The molecular formula is C15H14N2OS. The summed E-state index contributed by atoms with van der Waals surface area (Å²) in [6.45, 7) is 0. The topological polar surface area (TPSA) is 25.4 Å². The third-order valence-corrected chi connectivity index (χ3v) is 4.11. The van der Waals surface area contributed by atoms with Gasteiger partial charge in [-0.05, 0) is 30.3 Å². The Hall–Kier alpha value is -2.07. The second kappa shape index (κ2) is 4.90. The molecule has 0 amide bonds. The molecule has 0 spiro atoms. The van der Waals surface area contributed by atoms with Gasteiger partial charge in [-0.15, -0.1) is 0 Å². The van der Waals surface area contributed by atoms with Gasteiger partial charge in [-0.1, -0.05) is 29.5 Å². The molecule has 0 saturated heterocycles. The maximum atomic E-state index is 5.24. The van der Waals surface area contributed by atoms with Crippen LogP contribution >= 0.6 is 11.3 Å². The Morgan fingerprint density at radius 3 is 2.63 bits per heavy atom. The van der Waals surface area contributed by atoms with Crippen molar-refractivity contribution in [2.75, 3.05) is 19.1 Å². The number of anilines is 2. The predicted octanol–water partition coefficient (Wildman–Crippen LogP) is 4.07. The zero-order valence-electron chi connectivity index (χ0n) is 10.8. The molecule has 0 N–H and O–H groups in total. The van der Waals surface area contributed by atoms with E-state index in [4.69, 9.17) is 4.74 Å². The number of methoxy groups -OCH3 is 1. The zero-order chi connectivity index (χ0) is 13.2. The monoisotopic (exact) mass is 270 g/mol. The third-order valence-electron chi connectivity index (χ3n) is 3.01. The van der Waals surface area contributed by atoms with Crippen LogP contribution in [0.15, 0.2) is 48.5 Å². The smallest absolute Gasteiger partial charge is 0.190 e. The molecule has 0 saturated carbocycles. The molecule has 0 aliphatic heterocycles. The lowest BCUT2D eigenvalue weighted by Gasteiger charge is -2.15. The number of aromatic nitrogens is 1. The number of hydrogen-bond donors (Lipinski definition) is 0. The van der Waals surface area contributed by atoms with Crippen LogP contribution in [0.4, 0.5) is 10.8 Å². The molecule has 0 fully saturated rings. The van der Waals surface area contributed by atoms with Crippen molar-refractivity contribution in [2.45, 2.75) is 0 Å². The van der Waals surface area contributed by atoms with E-state index in [1.54, 1.807) is 18.4 Å². The molecule has 0 aliphatic rings. The fourth-order valence-corrected chi connectivity index (χ4v) is 2.90. The Morgan fingerprint density at radius 2 is 1.89 bits per heavy atom. The van der Waals surface area contributed by atoms with Crippen LogP contribution in [0.3, 0.4) is 0 Å². The van der Waals surface area contributed by atoms with Gasteiger partial charge < -0.3 is 9.64 Å². The van der Waals surface area contributed by atoms with Gasteiger partial charge in [-0.25, -0.2) is 4.98 Å². The molecule has 0 unspecified atom stereocenters. The van der Waals surface area contributed by atoms with Crippen LogP contribution in [0, 0.1) is 0 Å². The van der Waals surface area contributed by atoms with E-state index in [0.717, 1.165) is 26.8 Å². The highest BCUT2D eigenvalue weighted by Crippen LogP contribution is 2.33. The third kappa shape index (κ3) is 2.27. The molecule has 0 atom stereocenters. The van der Waals surface area contributed by atoms with Crippen molar-refractivity contribution in [3.05, 3.63) is 48.5 Å². The molecule has 0 radical (unpaired) electrons. The normalized spacial score (nSPS) is 10.6. The number of hydrogen-bond acceptors (Lipinski definition) is 4. The van der Waals surface area contributed by atoms with Crippen LogP contribution in [-0.2, 0) is 0 Å². The van der Waals surface area contributed by atoms with Gasteiger partial charge in [0, 0.05) is 12.7 Å². The quantitative estimate of drug-likeness (QED) is 0.717. The Bertz CT molecular complexity index is 694. The Kier molecular flexibility index (Phi) is 3.09. The maximum Gasteiger partial charge on any atom is 0.190 e. The molecule has 3 aromatic rings. The number of rotatable bonds is 3. The Morgan fingerprint density at radius 1 is 1.11 bits per heavy atom. The highest BCUT2D eigenvalue weighted by atomic mass is 32.1. The SMILES string of the molecule is COc1ccc2nc(N(C)c3ccccc3)sc2c1. The molecule has 2 aromatic carbocycles. The van der Waals surface area contributed by atoms with E-state index in [9.17, 15) is 0 Å². The molecule has 3 rings (SSSR count). The largest absolute Gasteiger partial charge is 0.497 e. The summed E-state index contributed by atoms with van der Waals surface area (Å²) in [5, 5.41) is 0.981. The van der Waals surface area contributed by atoms with E-state index in [1.165, 1.54) is 0 Å². The minimum atomic E-state index is 0.866. The van der Waals surface area contributed by atoms with Crippen molar-refractivity contribution in [3.63, 3.8) is 0 Å². The lowest BCUT2D eigenvalue weighted by Crippen LogP contribution is -2.08. The van der Waals surface area contributed by atoms with Gasteiger partial charge in [0.05, 0.1) is 17.3 Å². The number of ether oxygens (including phenoxy) is 1. The van der Waals surface area contributed by atoms with E-state index in [0.29, 0.717) is 0 Å². The minimum absolute atomic E-state index is 0.866. The van der Waals surface area contributed by atoms with Crippen molar-refractivity contribution in [1.82, 2.24) is 4.98 Å². The van der Waals surface area contributed by atoms with Crippen molar-refractivity contribution in [1.29, 1.82) is 0 Å². The van der Waals surface area contributed by atoms with Crippen LogP contribution in [0.1, 0.15) is 0 Å². The highest BCUT2D eigenvalue weighted by Gasteiger charge is 2.10. The molecular weight excluding hydrogens is 256 g/mol. The molecule has 4 heteroatoms. The molecule has 1 heterocycles. The van der Waals surface area contributed by atoms with E-state index in [1.807, 2.05) is 43.4 Å². The van der Waals surface area contributed by atoms with Gasteiger partial charge in [0.1, 0.15) is 5.75 Å². The lowest BCUT2D eigenvalue weighted by molar-refractivity contribution is 0.415. The number of fused-ring (bicyclic) bond motifs is 1. The van der Waals surface area contributed by atoms with Gasteiger partial charge >= 0.3 is 0 Å².